The molecule has 0 aromatic heterocycles. The van der Waals surface area contributed by atoms with Crippen LogP contribution in [0.15, 0.2) is 0 Å². The lowest BCUT2D eigenvalue weighted by atomic mass is 9.71. The Morgan fingerprint density at radius 1 is 1.00 bits per heavy atom. The van der Waals surface area contributed by atoms with Gasteiger partial charge in [0.05, 0.1) is 0 Å². The Morgan fingerprint density at radius 2 is 1.42 bits per heavy atom. The van der Waals surface area contributed by atoms with Crippen LogP contribution in [0.4, 0.5) is 0 Å². The molecule has 19 heavy (non-hydrogen) atoms. The van der Waals surface area contributed by atoms with E-state index in [-0.39, 0.29) is 16.9 Å². The van der Waals surface area contributed by atoms with Crippen LogP contribution in [-0.4, -0.2) is 11.3 Å². The van der Waals surface area contributed by atoms with Crippen molar-refractivity contribution in [1.82, 2.24) is 0 Å². The predicted octanol–water partition coefficient (Wildman–Crippen LogP) is 4.71. The van der Waals surface area contributed by atoms with E-state index >= 15 is 0 Å². The third-order valence-electron chi connectivity index (χ3n) is 3.75. The highest BCUT2D eigenvalue weighted by Gasteiger charge is 2.36. The van der Waals surface area contributed by atoms with Crippen LogP contribution >= 0.6 is 0 Å². The fourth-order valence-electron chi connectivity index (χ4n) is 3.09. The summed E-state index contributed by atoms with van der Waals surface area (Å²) in [6.07, 6.45) is 7.49. The van der Waals surface area contributed by atoms with E-state index in [1.54, 1.807) is 0 Å². The first kappa shape index (κ1) is 18.6. The van der Waals surface area contributed by atoms with Crippen molar-refractivity contribution in [2.75, 3.05) is 0 Å². The lowest BCUT2D eigenvalue weighted by Gasteiger charge is -2.34. The molecule has 0 amide bonds. The maximum atomic E-state index is 12.8. The van der Waals surface area contributed by atoms with Crippen molar-refractivity contribution in [1.29, 1.82) is 0 Å². The van der Waals surface area contributed by atoms with Gasteiger partial charge in [0.2, 0.25) is 0 Å². The lowest BCUT2D eigenvalue weighted by Crippen LogP contribution is -2.42. The molecule has 0 bridgehead atoms. The van der Waals surface area contributed by atoms with Crippen molar-refractivity contribution in [3.05, 3.63) is 0 Å². The number of hydrogen-bond acceptors (Lipinski definition) is 2. The molecule has 0 aromatic rings. The molecule has 2 N–H and O–H groups in total. The molecule has 2 heteroatoms. The highest BCUT2D eigenvalue weighted by molar-refractivity contribution is 5.86. The monoisotopic (exact) mass is 269 g/mol. The summed E-state index contributed by atoms with van der Waals surface area (Å²) in [6.45, 7) is 12.5. The van der Waals surface area contributed by atoms with Gasteiger partial charge in [0.1, 0.15) is 5.78 Å². The van der Waals surface area contributed by atoms with Gasteiger partial charge in [0.15, 0.2) is 0 Å². The largest absolute Gasteiger partial charge is 0.326 e. The molecule has 0 aliphatic rings. The van der Waals surface area contributed by atoms with E-state index in [0.29, 0.717) is 5.78 Å². The van der Waals surface area contributed by atoms with Crippen molar-refractivity contribution < 1.29 is 4.79 Å². The summed E-state index contributed by atoms with van der Waals surface area (Å²) in [4.78, 5) is 12.8. The van der Waals surface area contributed by atoms with Crippen LogP contribution in [0.2, 0.25) is 0 Å². The van der Waals surface area contributed by atoms with Crippen molar-refractivity contribution in [3.63, 3.8) is 0 Å². The minimum absolute atomic E-state index is 0.234. The molecule has 0 spiro atoms. The first-order valence-corrected chi connectivity index (χ1v) is 7.97. The quantitative estimate of drug-likeness (QED) is 0.624. The van der Waals surface area contributed by atoms with Crippen molar-refractivity contribution in [2.45, 2.75) is 92.0 Å². The molecule has 114 valence electrons. The molecule has 0 fully saturated rings. The van der Waals surface area contributed by atoms with E-state index in [1.165, 1.54) is 12.8 Å². The van der Waals surface area contributed by atoms with Crippen molar-refractivity contribution >= 4 is 5.78 Å². The minimum Gasteiger partial charge on any atom is -0.326 e. The van der Waals surface area contributed by atoms with Crippen LogP contribution in [0.1, 0.15) is 86.5 Å². The van der Waals surface area contributed by atoms with Gasteiger partial charge < -0.3 is 5.73 Å². The Labute approximate surface area is 120 Å². The zero-order chi connectivity index (χ0) is 15.1. The normalized spacial score (nSPS) is 13.1. The van der Waals surface area contributed by atoms with Gasteiger partial charge in [-0.1, -0.05) is 53.4 Å². The summed E-state index contributed by atoms with van der Waals surface area (Å²) >= 11 is 0. The van der Waals surface area contributed by atoms with Gasteiger partial charge in [-0.05, 0) is 33.1 Å². The van der Waals surface area contributed by atoms with E-state index in [2.05, 4.69) is 27.7 Å². The second-order valence-corrected chi connectivity index (χ2v) is 7.39. The van der Waals surface area contributed by atoms with Crippen LogP contribution < -0.4 is 5.73 Å². The van der Waals surface area contributed by atoms with Gasteiger partial charge in [0, 0.05) is 16.9 Å². The standard InChI is InChI=1S/C17H35NO/c1-7-9-11-14(12-10-8-2)15(19)16(3,4)13-17(5,6)18/h14H,7-13,18H2,1-6H3. The number of carbonyl (C=O) groups is 1. The van der Waals surface area contributed by atoms with Gasteiger partial charge >= 0.3 is 0 Å². The molecule has 0 atom stereocenters. The van der Waals surface area contributed by atoms with Gasteiger partial charge in [-0.15, -0.1) is 0 Å². The second kappa shape index (κ2) is 8.04. The molecule has 0 unspecified atom stereocenters. The third-order valence-corrected chi connectivity index (χ3v) is 3.75. The van der Waals surface area contributed by atoms with E-state index in [9.17, 15) is 4.79 Å². The molecule has 0 radical (unpaired) electrons. The zero-order valence-electron chi connectivity index (χ0n) is 14.0. The fraction of sp³-hybridized carbons (Fsp3) is 0.941. The Kier molecular flexibility index (Phi) is 7.88. The molecule has 2 nitrogen and oxygen atoms in total. The Hall–Kier alpha value is -0.370. The Morgan fingerprint density at radius 3 is 1.74 bits per heavy atom. The van der Waals surface area contributed by atoms with E-state index < -0.39 is 0 Å². The Bertz CT molecular complexity index is 255. The van der Waals surface area contributed by atoms with E-state index in [4.69, 9.17) is 5.73 Å². The van der Waals surface area contributed by atoms with Crippen molar-refractivity contribution in [2.24, 2.45) is 17.1 Å². The maximum Gasteiger partial charge on any atom is 0.141 e. The first-order valence-electron chi connectivity index (χ1n) is 7.97. The molecular formula is C17H35NO. The number of ketones is 1. The zero-order valence-corrected chi connectivity index (χ0v) is 14.0. The third kappa shape index (κ3) is 7.71. The summed E-state index contributed by atoms with van der Waals surface area (Å²) < 4.78 is 0. The average molecular weight is 269 g/mol. The van der Waals surface area contributed by atoms with Crippen LogP contribution in [0.5, 0.6) is 0 Å². The highest BCUT2D eigenvalue weighted by Crippen LogP contribution is 2.33. The van der Waals surface area contributed by atoms with Crippen molar-refractivity contribution in [3.8, 4) is 0 Å². The highest BCUT2D eigenvalue weighted by atomic mass is 16.1. The van der Waals surface area contributed by atoms with Gasteiger partial charge in [-0.2, -0.15) is 0 Å². The predicted molar refractivity (Wildman–Crippen MR) is 84.2 cm³/mol. The molecule has 0 saturated carbocycles. The van der Waals surface area contributed by atoms with E-state index in [0.717, 1.165) is 32.1 Å². The first-order chi connectivity index (χ1) is 8.64. The van der Waals surface area contributed by atoms with Gasteiger partial charge in [-0.3, -0.25) is 4.79 Å². The number of nitrogens with two attached hydrogens (primary N) is 1. The van der Waals surface area contributed by atoms with Crippen LogP contribution in [0.3, 0.4) is 0 Å². The number of unbranched alkanes of at least 4 members (excludes halogenated alkanes) is 2. The summed E-state index contributed by atoms with van der Waals surface area (Å²) in [5.74, 6) is 0.658. The molecule has 0 saturated heterocycles. The molecular weight excluding hydrogens is 234 g/mol. The summed E-state index contributed by atoms with van der Waals surface area (Å²) in [6, 6.07) is 0. The van der Waals surface area contributed by atoms with Crippen LogP contribution in [-0.2, 0) is 4.79 Å². The number of rotatable bonds is 10. The second-order valence-electron chi connectivity index (χ2n) is 7.39. The average Bonchev–Trinajstić information content (AvgIpc) is 2.25. The molecule has 0 rings (SSSR count). The SMILES string of the molecule is CCCCC(CCCC)C(=O)C(C)(C)CC(C)(C)N. The smallest absolute Gasteiger partial charge is 0.141 e. The molecule has 0 aromatic carbocycles. The number of hydrogen-bond donors (Lipinski definition) is 1. The van der Waals surface area contributed by atoms with Crippen LogP contribution in [0, 0.1) is 11.3 Å². The van der Waals surface area contributed by atoms with Gasteiger partial charge in [0.25, 0.3) is 0 Å². The van der Waals surface area contributed by atoms with Gasteiger partial charge in [-0.25, -0.2) is 0 Å². The summed E-state index contributed by atoms with van der Waals surface area (Å²) in [7, 11) is 0. The number of carbonyl (C=O) groups excluding carboxylic acids is 1. The van der Waals surface area contributed by atoms with Crippen LogP contribution in [0.25, 0.3) is 0 Å². The maximum absolute atomic E-state index is 12.8. The minimum atomic E-state index is -0.301. The fourth-order valence-corrected chi connectivity index (χ4v) is 3.09. The molecule has 0 aliphatic heterocycles. The molecule has 0 aliphatic carbocycles. The summed E-state index contributed by atoms with van der Waals surface area (Å²) in [5.41, 5.74) is 5.53. The lowest BCUT2D eigenvalue weighted by molar-refractivity contribution is -0.132. The molecule has 0 heterocycles. The Balaban J connectivity index is 4.74. The van der Waals surface area contributed by atoms with E-state index in [1.807, 2.05) is 13.8 Å². The summed E-state index contributed by atoms with van der Waals surface area (Å²) in [5, 5.41) is 0. The number of Topliss-reactive ketones (excluding diaryl/α,β-unsaturated/α-hetero) is 1. The topological polar surface area (TPSA) is 43.1 Å².